The molecule has 4 heterocycles. The summed E-state index contributed by atoms with van der Waals surface area (Å²) in [5, 5.41) is 14.8. The second-order valence-corrected chi connectivity index (χ2v) is 17.7. The minimum atomic E-state index is -0.406. The van der Waals surface area contributed by atoms with Crippen molar-refractivity contribution >= 4 is 41.0 Å². The van der Waals surface area contributed by atoms with E-state index in [9.17, 15) is 23.6 Å². The number of anilines is 1. The van der Waals surface area contributed by atoms with Gasteiger partial charge in [0.1, 0.15) is 17.5 Å². The first-order valence-corrected chi connectivity index (χ1v) is 23.9. The van der Waals surface area contributed by atoms with E-state index in [0.29, 0.717) is 65.7 Å². The normalized spacial score (nSPS) is 15.0. The predicted octanol–water partition coefficient (Wildman–Crippen LogP) is 6.03. The summed E-state index contributed by atoms with van der Waals surface area (Å²) in [7, 11) is 4.29. The Bertz CT molecular complexity index is 2860. The van der Waals surface area contributed by atoms with E-state index < -0.39 is 5.82 Å². The quantitative estimate of drug-likeness (QED) is 0.118. The summed E-state index contributed by atoms with van der Waals surface area (Å²) < 4.78 is 13.1. The summed E-state index contributed by atoms with van der Waals surface area (Å²) in [5.41, 5.74) is 8.55. The topological polar surface area (TPSA) is 163 Å². The fourth-order valence-electron chi connectivity index (χ4n) is 8.25. The molecule has 4 aliphatic rings. The number of nitrogens with one attached hydrogen (secondary N) is 5. The van der Waals surface area contributed by atoms with E-state index in [1.807, 2.05) is 97.1 Å². The zero-order chi connectivity index (χ0) is 49.5. The van der Waals surface area contributed by atoms with Crippen molar-refractivity contribution in [2.45, 2.75) is 26.2 Å². The van der Waals surface area contributed by atoms with Crippen molar-refractivity contribution in [3.8, 4) is 0 Å². The first-order chi connectivity index (χ1) is 34.6. The molecule has 10 rings (SSSR count). The molecule has 0 radical (unpaired) electrons. The van der Waals surface area contributed by atoms with Gasteiger partial charge in [0.15, 0.2) is 0 Å². The Balaban J connectivity index is 0.000000169. The van der Waals surface area contributed by atoms with Gasteiger partial charge in [-0.05, 0) is 109 Å². The van der Waals surface area contributed by atoms with Gasteiger partial charge in [-0.25, -0.2) is 4.39 Å². The van der Waals surface area contributed by atoms with Gasteiger partial charge in [0.2, 0.25) is 0 Å². The van der Waals surface area contributed by atoms with Crippen LogP contribution in [0.3, 0.4) is 0 Å². The average molecular weight is 955 g/mol. The number of aliphatic imine (C=N–C) groups is 2. The van der Waals surface area contributed by atoms with Crippen molar-refractivity contribution in [2.75, 3.05) is 71.4 Å². The minimum Gasteiger partial charge on any atom is -0.369 e. The number of carbonyl (C=O) groups is 4. The van der Waals surface area contributed by atoms with Crippen molar-refractivity contribution in [1.29, 1.82) is 0 Å². The van der Waals surface area contributed by atoms with Gasteiger partial charge in [-0.1, -0.05) is 72.8 Å². The van der Waals surface area contributed by atoms with E-state index in [0.717, 1.165) is 72.8 Å². The predicted molar refractivity (Wildman–Crippen MR) is 276 cm³/mol. The maximum Gasteiger partial charge on any atom is 0.256 e. The van der Waals surface area contributed by atoms with E-state index in [1.165, 1.54) is 37.4 Å². The molecule has 14 nitrogen and oxygen atoms in total. The molecule has 6 aromatic rings. The summed E-state index contributed by atoms with van der Waals surface area (Å²) in [5.74, 6) is -0.438. The molecule has 0 aliphatic carbocycles. The number of amides is 4. The largest absolute Gasteiger partial charge is 0.369 e. The summed E-state index contributed by atoms with van der Waals surface area (Å²) in [6, 6.07) is 43.3. The second-order valence-electron chi connectivity index (χ2n) is 17.7. The highest BCUT2D eigenvalue weighted by Crippen LogP contribution is 2.23. The highest BCUT2D eigenvalue weighted by Gasteiger charge is 2.23. The zero-order valence-corrected chi connectivity index (χ0v) is 40.1. The van der Waals surface area contributed by atoms with Crippen LogP contribution in [0.25, 0.3) is 0 Å². The van der Waals surface area contributed by atoms with E-state index >= 15 is 0 Å². The molecule has 0 atom stereocenters. The lowest BCUT2D eigenvalue weighted by molar-refractivity contribution is 0.0943. The van der Waals surface area contributed by atoms with Crippen LogP contribution in [0.4, 0.5) is 10.1 Å². The Morgan fingerprint density at radius 3 is 1.37 bits per heavy atom. The molecular weight excluding hydrogens is 896 g/mol. The maximum absolute atomic E-state index is 13.1. The van der Waals surface area contributed by atoms with Gasteiger partial charge in [-0.2, -0.15) is 0 Å². The summed E-state index contributed by atoms with van der Waals surface area (Å²) >= 11 is 0. The number of carbonyl (C=O) groups excluding carboxylic acids is 4. The van der Waals surface area contributed by atoms with Gasteiger partial charge < -0.3 is 41.3 Å². The van der Waals surface area contributed by atoms with Gasteiger partial charge in [0.25, 0.3) is 23.6 Å². The highest BCUT2D eigenvalue weighted by atomic mass is 19.1. The third kappa shape index (κ3) is 13.7. The fraction of sp³-hybridized carbons (Fsp3) is 0.250. The Morgan fingerprint density at radius 2 is 0.930 bits per heavy atom. The molecule has 15 heteroatoms. The zero-order valence-electron chi connectivity index (χ0n) is 40.1. The lowest BCUT2D eigenvalue weighted by atomic mass is 10.0. The van der Waals surface area contributed by atoms with Gasteiger partial charge >= 0.3 is 0 Å². The van der Waals surface area contributed by atoms with Crippen LogP contribution < -0.4 is 31.5 Å². The van der Waals surface area contributed by atoms with Crippen LogP contribution in [0, 0.1) is 5.82 Å². The molecule has 5 N–H and O–H groups in total. The maximum atomic E-state index is 13.1. The molecule has 2 saturated heterocycles. The first kappa shape index (κ1) is 49.6. The number of likely N-dealkylation sites (N-methyl/N-ethyl adjacent to an activating group) is 2. The number of benzene rings is 6. The lowest BCUT2D eigenvalue weighted by Crippen LogP contribution is -2.44. The number of nitrogens with zero attached hydrogens (tertiary/aromatic N) is 5. The number of piperazine rings is 2. The number of fused-ring (bicyclic) bond motifs is 2. The highest BCUT2D eigenvalue weighted by molar-refractivity contribution is 6.16. The first-order valence-electron chi connectivity index (χ1n) is 23.9. The van der Waals surface area contributed by atoms with Crippen molar-refractivity contribution in [3.63, 3.8) is 0 Å². The lowest BCUT2D eigenvalue weighted by Gasteiger charge is -2.34. The van der Waals surface area contributed by atoms with Crippen LogP contribution >= 0.6 is 0 Å². The van der Waals surface area contributed by atoms with Crippen molar-refractivity contribution in [3.05, 3.63) is 207 Å². The van der Waals surface area contributed by atoms with E-state index in [2.05, 4.69) is 65.4 Å². The SMILES string of the molecule is CN1CCN(c2ccc(C(=O)NC3=NCc4ccc(C(=O)NCc5ccccc5)cc43)cc2)CC1.CN1CCNCC1.O=C(NCc1ccccc1)c1ccc2c(c1)C(NC(=O)c1ccc(F)cc1)=NC2. The molecule has 0 spiro atoms. The second kappa shape index (κ2) is 24.1. The standard InChI is InChI=1S/C28H29N5O2.C23H18FN3O2.C5H12N2/c1-32-13-15-33(16-14-32)24-11-9-21(10-12-24)28(35)31-26-25-17-22(7-8-23(25)19-29-26)27(34)30-18-20-5-3-2-4-6-20;24-19-10-8-16(9-11-19)23(29)27-21-20-12-17(6-7-18(20)14-25-21)22(28)26-13-15-4-2-1-3-5-15;1-7-4-2-6-3-5-7/h2-12,17H,13-16,18-19H2,1H3,(H,30,34)(H,29,31,35);1-12H,13-14H2,(H,26,28)(H,25,27,29);6H,2-5H2,1H3. The molecule has 0 aromatic heterocycles. The smallest absolute Gasteiger partial charge is 0.256 e. The third-order valence-corrected chi connectivity index (χ3v) is 12.6. The number of hydrogen-bond acceptors (Lipinski definition) is 10. The Hall–Kier alpha value is -7.85. The van der Waals surface area contributed by atoms with Crippen LogP contribution in [-0.2, 0) is 26.2 Å². The fourth-order valence-corrected chi connectivity index (χ4v) is 8.25. The third-order valence-electron chi connectivity index (χ3n) is 12.6. The van der Waals surface area contributed by atoms with Crippen LogP contribution in [0.15, 0.2) is 156 Å². The number of halogens is 1. The molecule has 4 amide bonds. The van der Waals surface area contributed by atoms with E-state index in [-0.39, 0.29) is 23.6 Å². The van der Waals surface area contributed by atoms with Gasteiger partial charge in [-0.15, -0.1) is 0 Å². The summed E-state index contributed by atoms with van der Waals surface area (Å²) in [6.07, 6.45) is 0. The number of hydrogen-bond donors (Lipinski definition) is 5. The number of amidine groups is 2. The van der Waals surface area contributed by atoms with Gasteiger partial charge in [0.05, 0.1) is 13.1 Å². The van der Waals surface area contributed by atoms with Crippen LogP contribution in [0.5, 0.6) is 0 Å². The van der Waals surface area contributed by atoms with E-state index in [1.54, 1.807) is 24.3 Å². The molecule has 6 aromatic carbocycles. The van der Waals surface area contributed by atoms with Crippen LogP contribution in [0.1, 0.15) is 74.8 Å². The molecule has 71 heavy (non-hydrogen) atoms. The molecule has 0 saturated carbocycles. The monoisotopic (exact) mass is 954 g/mol. The molecule has 0 unspecified atom stereocenters. The van der Waals surface area contributed by atoms with Crippen molar-refractivity contribution < 1.29 is 23.6 Å². The molecule has 0 bridgehead atoms. The molecular formula is C56H59FN10O4. The Kier molecular flexibility index (Phi) is 16.8. The van der Waals surface area contributed by atoms with Gasteiger partial charge in [0, 0.05) is 105 Å². The average Bonchev–Trinajstić information content (AvgIpc) is 4.01. The van der Waals surface area contributed by atoms with Crippen molar-refractivity contribution in [2.24, 2.45) is 9.98 Å². The molecule has 364 valence electrons. The van der Waals surface area contributed by atoms with E-state index in [4.69, 9.17) is 0 Å². The summed E-state index contributed by atoms with van der Waals surface area (Å²) in [4.78, 5) is 66.4. The Morgan fingerprint density at radius 1 is 0.507 bits per heavy atom. The number of rotatable bonds is 9. The molecule has 2 fully saturated rings. The Labute approximate surface area is 414 Å². The van der Waals surface area contributed by atoms with Gasteiger partial charge in [-0.3, -0.25) is 29.2 Å². The van der Waals surface area contributed by atoms with Crippen LogP contribution in [0.2, 0.25) is 0 Å². The molecule has 4 aliphatic heterocycles. The summed E-state index contributed by atoms with van der Waals surface area (Å²) in [6.45, 7) is 10.6. The van der Waals surface area contributed by atoms with Crippen molar-refractivity contribution in [1.82, 2.24) is 36.4 Å². The minimum absolute atomic E-state index is 0.159. The van der Waals surface area contributed by atoms with Crippen LogP contribution in [-0.4, -0.2) is 112 Å².